The zero-order chi connectivity index (χ0) is 32.6. The molecule has 46 heavy (non-hydrogen) atoms. The predicted octanol–water partition coefficient (Wildman–Crippen LogP) is 3.59. The van der Waals surface area contributed by atoms with Crippen LogP contribution in [0.5, 0.6) is 0 Å². The number of allylic oxidation sites excluding steroid dienone is 1. The topological polar surface area (TPSA) is 157 Å². The quantitative estimate of drug-likeness (QED) is 0.255. The van der Waals surface area contributed by atoms with Crippen molar-refractivity contribution < 1.29 is 41.3 Å². The lowest BCUT2D eigenvalue weighted by Gasteiger charge is -2.29. The van der Waals surface area contributed by atoms with Gasteiger partial charge in [-0.25, -0.2) is 9.59 Å². The molecule has 1 aromatic carbocycles. The predicted molar refractivity (Wildman–Crippen MR) is 168 cm³/mol. The lowest BCUT2D eigenvalue weighted by Crippen LogP contribution is -2.56. The maximum absolute atomic E-state index is 14.2. The molecule has 250 valence electrons. The number of esters is 1. The van der Waals surface area contributed by atoms with Crippen molar-refractivity contribution in [3.05, 3.63) is 40.9 Å². The molecule has 4 fully saturated rings. The van der Waals surface area contributed by atoms with Gasteiger partial charge >= 0.3 is 12.1 Å². The van der Waals surface area contributed by atoms with Crippen LogP contribution < -0.4 is 10.6 Å². The van der Waals surface area contributed by atoms with Gasteiger partial charge in [-0.15, -0.1) is 0 Å². The minimum Gasteiger partial charge on any atom is -0.467 e. The lowest BCUT2D eigenvalue weighted by molar-refractivity contribution is -0.148. The summed E-state index contributed by atoms with van der Waals surface area (Å²) >= 11 is 3.29. The zero-order valence-corrected chi connectivity index (χ0v) is 28.1. The number of rotatable bonds is 6. The van der Waals surface area contributed by atoms with Gasteiger partial charge in [0.05, 0.1) is 18.1 Å². The molecule has 14 heteroatoms. The van der Waals surface area contributed by atoms with Crippen molar-refractivity contribution in [1.29, 1.82) is 0 Å². The Balaban J connectivity index is 1.24. The smallest absolute Gasteiger partial charge is 0.408 e. The van der Waals surface area contributed by atoms with E-state index in [2.05, 4.69) is 26.6 Å². The molecule has 0 aromatic heterocycles. The molecule has 0 radical (unpaired) electrons. The number of carbonyl (C=O) groups is 4. The number of carbonyl (C=O) groups excluding carboxylic acids is 4. The Morgan fingerprint density at radius 1 is 1.02 bits per heavy atom. The third kappa shape index (κ3) is 7.13. The van der Waals surface area contributed by atoms with E-state index in [1.54, 1.807) is 12.1 Å². The van der Waals surface area contributed by atoms with Crippen LogP contribution in [0, 0.1) is 17.8 Å². The van der Waals surface area contributed by atoms with Crippen LogP contribution in [-0.2, 0) is 38.2 Å². The SMILES string of the molecule is COC(=O)[C@@]12C[C@H]1/C=C\CCCCC[C@H](NC(=O)OC1CC3CC3C1)C(=O)N1C[C@@H](OS(=O)(=O)c3ccc(Br)cc3)C[C@H]1C(=O)N2. The number of nitrogens with zero attached hydrogens (tertiary/aromatic N) is 1. The number of hydrogen-bond donors (Lipinski definition) is 2. The van der Waals surface area contributed by atoms with Gasteiger partial charge in [0.1, 0.15) is 23.7 Å². The van der Waals surface area contributed by atoms with Gasteiger partial charge in [0.25, 0.3) is 10.1 Å². The monoisotopic (exact) mass is 721 g/mol. The second-order valence-electron chi connectivity index (χ2n) is 13.1. The van der Waals surface area contributed by atoms with E-state index in [0.717, 1.165) is 32.1 Å². The fraction of sp³-hybridized carbons (Fsp3) is 0.625. The minimum absolute atomic E-state index is 0.0694. The zero-order valence-electron chi connectivity index (χ0n) is 25.7. The molecule has 1 saturated heterocycles. The molecule has 0 spiro atoms. The highest BCUT2D eigenvalue weighted by atomic mass is 79.9. The van der Waals surface area contributed by atoms with Crippen molar-refractivity contribution in [1.82, 2.24) is 15.5 Å². The van der Waals surface area contributed by atoms with E-state index in [1.165, 1.54) is 30.6 Å². The molecule has 3 aliphatic carbocycles. The van der Waals surface area contributed by atoms with Crippen LogP contribution in [0.15, 0.2) is 45.8 Å². The first-order valence-corrected chi connectivity index (χ1v) is 18.2. The third-order valence-electron chi connectivity index (χ3n) is 9.92. The lowest BCUT2D eigenvalue weighted by atomic mass is 10.0. The molecule has 5 aliphatic rings. The molecule has 7 atom stereocenters. The van der Waals surface area contributed by atoms with Crippen molar-refractivity contribution in [2.45, 2.75) is 98.9 Å². The van der Waals surface area contributed by atoms with Gasteiger partial charge < -0.3 is 25.0 Å². The summed E-state index contributed by atoms with van der Waals surface area (Å²) in [6, 6.07) is 3.78. The summed E-state index contributed by atoms with van der Waals surface area (Å²) in [7, 11) is -2.98. The first-order valence-electron chi connectivity index (χ1n) is 16.0. The molecule has 2 unspecified atom stereocenters. The second-order valence-corrected chi connectivity index (χ2v) is 15.6. The van der Waals surface area contributed by atoms with Crippen LogP contribution in [-0.4, -0.2) is 80.7 Å². The van der Waals surface area contributed by atoms with Crippen molar-refractivity contribution in [2.24, 2.45) is 17.8 Å². The molecular formula is C32H40BrN3O9S. The van der Waals surface area contributed by atoms with Gasteiger partial charge in [0.2, 0.25) is 11.8 Å². The summed E-state index contributed by atoms with van der Waals surface area (Å²) in [6.07, 6.45) is 8.39. The first-order chi connectivity index (χ1) is 22.0. The van der Waals surface area contributed by atoms with Gasteiger partial charge in [-0.1, -0.05) is 40.9 Å². The molecule has 3 saturated carbocycles. The van der Waals surface area contributed by atoms with Gasteiger partial charge in [-0.2, -0.15) is 8.42 Å². The maximum Gasteiger partial charge on any atom is 0.408 e. The van der Waals surface area contributed by atoms with Crippen LogP contribution in [0.2, 0.25) is 0 Å². The van der Waals surface area contributed by atoms with Gasteiger partial charge in [0, 0.05) is 23.4 Å². The molecule has 2 heterocycles. The van der Waals surface area contributed by atoms with E-state index in [9.17, 15) is 27.6 Å². The highest BCUT2D eigenvalue weighted by Crippen LogP contribution is 2.52. The minimum atomic E-state index is -4.24. The molecule has 0 bridgehead atoms. The van der Waals surface area contributed by atoms with E-state index in [1.807, 2.05) is 12.2 Å². The highest BCUT2D eigenvalue weighted by molar-refractivity contribution is 9.10. The number of methoxy groups -OCH3 is 1. The van der Waals surface area contributed by atoms with E-state index >= 15 is 0 Å². The Morgan fingerprint density at radius 3 is 2.48 bits per heavy atom. The van der Waals surface area contributed by atoms with Gasteiger partial charge in [0.15, 0.2) is 0 Å². The number of amides is 3. The number of nitrogens with one attached hydrogen (secondary N) is 2. The number of alkyl carbamates (subject to hydrolysis) is 1. The van der Waals surface area contributed by atoms with Gasteiger partial charge in [-0.3, -0.25) is 13.8 Å². The number of benzene rings is 1. The van der Waals surface area contributed by atoms with E-state index < -0.39 is 57.7 Å². The maximum atomic E-state index is 14.2. The van der Waals surface area contributed by atoms with Crippen LogP contribution in [0.25, 0.3) is 0 Å². The summed E-state index contributed by atoms with van der Waals surface area (Å²) in [4.78, 5) is 55.1. The fourth-order valence-electron chi connectivity index (χ4n) is 7.22. The molecule has 2 N–H and O–H groups in total. The molecule has 6 rings (SSSR count). The highest BCUT2D eigenvalue weighted by Gasteiger charge is 2.62. The molecule has 3 amide bonds. The Bertz CT molecular complexity index is 1490. The Kier molecular flexibility index (Phi) is 9.50. The second kappa shape index (κ2) is 13.3. The number of ether oxygens (including phenoxy) is 2. The number of fused-ring (bicyclic) bond motifs is 3. The van der Waals surface area contributed by atoms with Crippen LogP contribution >= 0.6 is 15.9 Å². The Morgan fingerprint density at radius 2 is 1.76 bits per heavy atom. The third-order valence-corrected chi connectivity index (χ3v) is 11.8. The largest absolute Gasteiger partial charge is 0.467 e. The molecule has 1 aromatic rings. The summed E-state index contributed by atoms with van der Waals surface area (Å²) in [5, 5.41) is 5.59. The van der Waals surface area contributed by atoms with Crippen molar-refractivity contribution in [3.8, 4) is 0 Å². The molecule has 12 nitrogen and oxygen atoms in total. The van der Waals surface area contributed by atoms with Crippen molar-refractivity contribution >= 4 is 49.9 Å². The van der Waals surface area contributed by atoms with Crippen molar-refractivity contribution in [2.75, 3.05) is 13.7 Å². The van der Waals surface area contributed by atoms with Crippen LogP contribution in [0.1, 0.15) is 64.2 Å². The summed E-state index contributed by atoms with van der Waals surface area (Å²) in [5.74, 6) is -0.793. The number of hydrogen-bond acceptors (Lipinski definition) is 9. The standard InChI is InChI=1S/C32H40BrN3O9S/c1-43-30(39)32-17-21(32)7-5-3-2-4-6-8-26(34-31(40)44-23-14-19-13-20(19)15-23)29(38)36-18-24(16-27(36)28(37)35-32)45-46(41,42)25-11-9-22(33)10-12-25/h5,7,9-12,19-21,23-24,26-27H,2-4,6,8,13-18H2,1H3,(H,34,40)(H,35,37)/b7-5-/t19?,20?,21-,23?,24+,26+,27+,32-/m1/s1. The number of halogens is 1. The van der Waals surface area contributed by atoms with Crippen LogP contribution in [0.4, 0.5) is 4.79 Å². The van der Waals surface area contributed by atoms with Crippen LogP contribution in [0.3, 0.4) is 0 Å². The Hall–Kier alpha value is -2.97. The summed E-state index contributed by atoms with van der Waals surface area (Å²) < 4.78 is 43.3. The summed E-state index contributed by atoms with van der Waals surface area (Å²) in [6.45, 7) is -0.208. The summed E-state index contributed by atoms with van der Waals surface area (Å²) in [5.41, 5.74) is -1.27. The fourth-order valence-corrected chi connectivity index (χ4v) is 8.56. The normalized spacial score (nSPS) is 34.9. The first kappa shape index (κ1) is 33.0. The molecular weight excluding hydrogens is 682 g/mol. The average molecular weight is 723 g/mol. The molecule has 2 aliphatic heterocycles. The average Bonchev–Trinajstić information content (AvgIpc) is 3.81. The van der Waals surface area contributed by atoms with E-state index in [4.69, 9.17) is 13.7 Å². The Labute approximate surface area is 277 Å². The van der Waals surface area contributed by atoms with Crippen molar-refractivity contribution in [3.63, 3.8) is 0 Å². The van der Waals surface area contributed by atoms with E-state index in [0.29, 0.717) is 35.6 Å². The van der Waals surface area contributed by atoms with Gasteiger partial charge in [-0.05, 0) is 81.0 Å². The van der Waals surface area contributed by atoms with E-state index in [-0.39, 0.29) is 29.9 Å².